The number of hydrogen-bond donors (Lipinski definition) is 1. The van der Waals surface area contributed by atoms with Crippen LogP contribution in [0.2, 0.25) is 0 Å². The number of nitrogens with zero attached hydrogens (tertiary/aromatic N) is 1. The molecule has 0 bridgehead atoms. The first-order valence-electron chi connectivity index (χ1n) is 10.6. The molecular weight excluding hydrogens is 388 g/mol. The maximum absolute atomic E-state index is 13.0. The number of nitrogens with one attached hydrogen (secondary N) is 1. The van der Waals surface area contributed by atoms with Crippen LogP contribution in [0.3, 0.4) is 0 Å². The molecule has 0 unspecified atom stereocenters. The first-order chi connectivity index (χ1) is 15.2. The van der Waals surface area contributed by atoms with E-state index in [9.17, 15) is 4.79 Å². The molecule has 31 heavy (non-hydrogen) atoms. The van der Waals surface area contributed by atoms with E-state index in [0.29, 0.717) is 12.3 Å². The molecule has 5 heteroatoms. The van der Waals surface area contributed by atoms with E-state index in [4.69, 9.17) is 9.47 Å². The normalized spacial score (nSPS) is 16.6. The number of carbonyl (C=O) groups is 1. The Kier molecular flexibility index (Phi) is 6.97. The van der Waals surface area contributed by atoms with Gasteiger partial charge >= 0.3 is 5.97 Å². The van der Waals surface area contributed by atoms with E-state index in [1.807, 2.05) is 60.7 Å². The molecule has 5 nitrogen and oxygen atoms in total. The Morgan fingerprint density at radius 3 is 2.39 bits per heavy atom. The highest BCUT2D eigenvalue weighted by Crippen LogP contribution is 2.23. The van der Waals surface area contributed by atoms with Gasteiger partial charge in [0.1, 0.15) is 17.5 Å². The number of benzene rings is 3. The summed E-state index contributed by atoms with van der Waals surface area (Å²) in [5, 5.41) is 3.31. The number of rotatable bonds is 7. The summed E-state index contributed by atoms with van der Waals surface area (Å²) < 4.78 is 11.3. The van der Waals surface area contributed by atoms with E-state index in [0.717, 1.165) is 42.9 Å². The molecule has 1 aliphatic heterocycles. The van der Waals surface area contributed by atoms with Gasteiger partial charge in [-0.3, -0.25) is 4.90 Å². The van der Waals surface area contributed by atoms with Gasteiger partial charge in [-0.15, -0.1) is 0 Å². The van der Waals surface area contributed by atoms with Crippen molar-refractivity contribution >= 4 is 5.97 Å². The minimum Gasteiger partial charge on any atom is -0.496 e. The van der Waals surface area contributed by atoms with Crippen LogP contribution in [0.25, 0.3) is 0 Å². The van der Waals surface area contributed by atoms with Gasteiger partial charge in [-0.1, -0.05) is 66.7 Å². The molecule has 1 aliphatic rings. The number of hydrogen-bond acceptors (Lipinski definition) is 5. The van der Waals surface area contributed by atoms with Crippen LogP contribution in [0.5, 0.6) is 11.5 Å². The van der Waals surface area contributed by atoms with Gasteiger partial charge in [0.15, 0.2) is 0 Å². The van der Waals surface area contributed by atoms with Crippen LogP contribution < -0.4 is 14.8 Å². The molecular formula is C26H28N2O3. The van der Waals surface area contributed by atoms with Gasteiger partial charge in [-0.05, 0) is 23.3 Å². The summed E-state index contributed by atoms with van der Waals surface area (Å²) in [6.45, 7) is 2.94. The van der Waals surface area contributed by atoms with Crippen molar-refractivity contribution in [2.75, 3.05) is 26.7 Å². The van der Waals surface area contributed by atoms with Gasteiger partial charge in [0, 0.05) is 38.2 Å². The van der Waals surface area contributed by atoms with E-state index in [-0.39, 0.29) is 12.0 Å². The predicted octanol–water partition coefficient (Wildman–Crippen LogP) is 3.67. The molecule has 0 aliphatic carbocycles. The number of piperazine rings is 1. The van der Waals surface area contributed by atoms with Gasteiger partial charge in [-0.25, -0.2) is 4.79 Å². The van der Waals surface area contributed by atoms with Crippen molar-refractivity contribution in [3.8, 4) is 11.5 Å². The maximum atomic E-state index is 13.0. The van der Waals surface area contributed by atoms with Crippen molar-refractivity contribution in [3.63, 3.8) is 0 Å². The SMILES string of the molecule is COc1ccccc1CN1CCN[C@@H](C(=O)Oc2ccccc2Cc2ccccc2)C1. The molecule has 0 radical (unpaired) electrons. The molecule has 160 valence electrons. The van der Waals surface area contributed by atoms with Crippen LogP contribution >= 0.6 is 0 Å². The maximum Gasteiger partial charge on any atom is 0.329 e. The quantitative estimate of drug-likeness (QED) is 0.471. The third kappa shape index (κ3) is 5.51. The van der Waals surface area contributed by atoms with Crippen molar-refractivity contribution < 1.29 is 14.3 Å². The van der Waals surface area contributed by atoms with Crippen LogP contribution in [-0.4, -0.2) is 43.7 Å². The van der Waals surface area contributed by atoms with E-state index >= 15 is 0 Å². The molecule has 1 N–H and O–H groups in total. The third-order valence-electron chi connectivity index (χ3n) is 5.55. The smallest absolute Gasteiger partial charge is 0.329 e. The lowest BCUT2D eigenvalue weighted by molar-refractivity contribution is -0.138. The van der Waals surface area contributed by atoms with Gasteiger partial charge in [0.25, 0.3) is 0 Å². The van der Waals surface area contributed by atoms with Crippen LogP contribution in [0.4, 0.5) is 0 Å². The second-order valence-electron chi connectivity index (χ2n) is 7.74. The molecule has 1 atom stereocenters. The molecule has 1 saturated heterocycles. The van der Waals surface area contributed by atoms with E-state index < -0.39 is 0 Å². The van der Waals surface area contributed by atoms with Crippen molar-refractivity contribution in [2.45, 2.75) is 19.0 Å². The van der Waals surface area contributed by atoms with E-state index in [2.05, 4.69) is 28.4 Å². The average Bonchev–Trinajstić information content (AvgIpc) is 2.81. The zero-order valence-corrected chi connectivity index (χ0v) is 17.8. The lowest BCUT2D eigenvalue weighted by Gasteiger charge is -2.32. The Morgan fingerprint density at radius 2 is 1.61 bits per heavy atom. The molecule has 1 heterocycles. The summed E-state index contributed by atoms with van der Waals surface area (Å²) in [6, 6.07) is 25.6. The predicted molar refractivity (Wildman–Crippen MR) is 121 cm³/mol. The minimum atomic E-state index is -0.367. The molecule has 0 saturated carbocycles. The molecule has 3 aromatic carbocycles. The molecule has 1 fully saturated rings. The van der Waals surface area contributed by atoms with Gasteiger partial charge in [0.05, 0.1) is 7.11 Å². The summed E-state index contributed by atoms with van der Waals surface area (Å²) >= 11 is 0. The fraction of sp³-hybridized carbons (Fsp3) is 0.269. The Labute approximate surface area is 183 Å². The van der Waals surface area contributed by atoms with Crippen molar-refractivity contribution in [3.05, 3.63) is 95.6 Å². The fourth-order valence-electron chi connectivity index (χ4n) is 3.93. The number of esters is 1. The summed E-state index contributed by atoms with van der Waals surface area (Å²) in [5.41, 5.74) is 3.31. The standard InChI is InChI=1S/C26H28N2O3/c1-30-24-13-7-6-12-22(24)18-28-16-15-27-23(19-28)26(29)31-25-14-8-5-11-21(25)17-20-9-3-2-4-10-20/h2-14,23,27H,15-19H2,1H3/t23-/m1/s1. The summed E-state index contributed by atoms with van der Waals surface area (Å²) in [4.78, 5) is 15.2. The zero-order chi connectivity index (χ0) is 21.5. The number of ether oxygens (including phenoxy) is 2. The summed E-state index contributed by atoms with van der Waals surface area (Å²) in [7, 11) is 1.68. The van der Waals surface area contributed by atoms with Gasteiger partial charge in [-0.2, -0.15) is 0 Å². The highest BCUT2D eigenvalue weighted by atomic mass is 16.5. The van der Waals surface area contributed by atoms with Crippen molar-refractivity contribution in [1.82, 2.24) is 10.2 Å². The van der Waals surface area contributed by atoms with Crippen LogP contribution in [0.1, 0.15) is 16.7 Å². The average molecular weight is 417 g/mol. The van der Waals surface area contributed by atoms with E-state index in [1.165, 1.54) is 5.56 Å². The Hall–Kier alpha value is -3.15. The molecule has 0 amide bonds. The monoisotopic (exact) mass is 416 g/mol. The Balaban J connectivity index is 1.41. The number of methoxy groups -OCH3 is 1. The Bertz CT molecular complexity index is 1010. The fourth-order valence-corrected chi connectivity index (χ4v) is 3.93. The number of para-hydroxylation sites is 2. The highest BCUT2D eigenvalue weighted by Gasteiger charge is 2.28. The topological polar surface area (TPSA) is 50.8 Å². The number of carbonyl (C=O) groups excluding carboxylic acids is 1. The molecule has 0 aromatic heterocycles. The van der Waals surface area contributed by atoms with Crippen LogP contribution in [0, 0.1) is 0 Å². The van der Waals surface area contributed by atoms with E-state index in [1.54, 1.807) is 7.11 Å². The molecule has 3 aromatic rings. The first kappa shape index (κ1) is 21.1. The van der Waals surface area contributed by atoms with Gasteiger partial charge in [0.2, 0.25) is 0 Å². The molecule has 4 rings (SSSR count). The minimum absolute atomic E-state index is 0.245. The first-order valence-corrected chi connectivity index (χ1v) is 10.6. The zero-order valence-electron chi connectivity index (χ0n) is 17.8. The highest BCUT2D eigenvalue weighted by molar-refractivity contribution is 5.79. The van der Waals surface area contributed by atoms with Crippen LogP contribution in [0.15, 0.2) is 78.9 Å². The second-order valence-corrected chi connectivity index (χ2v) is 7.74. The summed E-state index contributed by atoms with van der Waals surface area (Å²) in [6.07, 6.45) is 0.725. The second kappa shape index (κ2) is 10.2. The summed E-state index contributed by atoms with van der Waals surface area (Å²) in [5.74, 6) is 1.25. The van der Waals surface area contributed by atoms with Gasteiger partial charge < -0.3 is 14.8 Å². The lowest BCUT2D eigenvalue weighted by atomic mass is 10.0. The van der Waals surface area contributed by atoms with Crippen LogP contribution in [-0.2, 0) is 17.8 Å². The largest absolute Gasteiger partial charge is 0.496 e. The van der Waals surface area contributed by atoms with Crippen molar-refractivity contribution in [2.24, 2.45) is 0 Å². The van der Waals surface area contributed by atoms with Crippen molar-refractivity contribution in [1.29, 1.82) is 0 Å². The Morgan fingerprint density at radius 1 is 0.935 bits per heavy atom. The third-order valence-corrected chi connectivity index (χ3v) is 5.55. The lowest BCUT2D eigenvalue weighted by Crippen LogP contribution is -2.54. The molecule has 0 spiro atoms.